The van der Waals surface area contributed by atoms with Crippen LogP contribution in [0.25, 0.3) is 0 Å². The summed E-state index contributed by atoms with van der Waals surface area (Å²) in [6.45, 7) is 2.48. The van der Waals surface area contributed by atoms with E-state index in [1.54, 1.807) is 12.1 Å². The van der Waals surface area contributed by atoms with Crippen LogP contribution in [0.2, 0.25) is 10.0 Å². The zero-order chi connectivity index (χ0) is 35.1. The summed E-state index contributed by atoms with van der Waals surface area (Å²) in [6.07, 6.45) is 4.95. The van der Waals surface area contributed by atoms with Crippen LogP contribution in [0.5, 0.6) is 11.5 Å². The normalized spacial score (nSPS) is 16.1. The van der Waals surface area contributed by atoms with Crippen molar-refractivity contribution in [2.75, 3.05) is 41.0 Å². The number of ether oxygens (including phenoxy) is 3. The molecule has 1 fully saturated rings. The zero-order valence-electron chi connectivity index (χ0n) is 27.5. The van der Waals surface area contributed by atoms with Crippen LogP contribution in [0.1, 0.15) is 61.6 Å². The molecule has 2 aromatic carbocycles. The number of halogens is 2. The first kappa shape index (κ1) is 36.4. The van der Waals surface area contributed by atoms with Crippen molar-refractivity contribution in [2.24, 2.45) is 5.92 Å². The maximum absolute atomic E-state index is 13.5. The van der Waals surface area contributed by atoms with Crippen LogP contribution in [0.3, 0.4) is 0 Å². The number of nitrogens with one attached hydrogen (secondary N) is 1. The molecule has 3 atom stereocenters. The number of aromatic nitrogens is 1. The Morgan fingerprint density at radius 2 is 1.76 bits per heavy atom. The number of pyridine rings is 1. The van der Waals surface area contributed by atoms with Crippen LogP contribution in [-0.4, -0.2) is 68.1 Å². The van der Waals surface area contributed by atoms with Crippen molar-refractivity contribution < 1.29 is 38.8 Å². The van der Waals surface area contributed by atoms with Gasteiger partial charge < -0.3 is 24.2 Å². The molecule has 49 heavy (non-hydrogen) atoms. The minimum atomic E-state index is -1.09. The topological polar surface area (TPSA) is 121 Å². The third-order valence-corrected chi connectivity index (χ3v) is 10.5. The molecule has 13 heteroatoms. The van der Waals surface area contributed by atoms with Crippen molar-refractivity contribution in [3.63, 3.8) is 0 Å². The molecule has 0 spiro atoms. The van der Waals surface area contributed by atoms with Gasteiger partial charge in [0.25, 0.3) is 0 Å². The number of carbonyl (C=O) groups excluding carboxylic acids is 1. The number of aromatic carboxylic acids is 1. The number of carbonyl (C=O) groups is 2. The van der Waals surface area contributed by atoms with Crippen molar-refractivity contribution in [2.45, 2.75) is 37.8 Å². The summed E-state index contributed by atoms with van der Waals surface area (Å²) in [6, 6.07) is 15.8. The van der Waals surface area contributed by atoms with E-state index in [0.29, 0.717) is 34.1 Å². The van der Waals surface area contributed by atoms with Crippen LogP contribution >= 0.6 is 34.5 Å². The highest BCUT2D eigenvalue weighted by molar-refractivity contribution is 7.14. The molecule has 5 rings (SSSR count). The molecular weight excluding hydrogens is 689 g/mol. The zero-order valence-corrected chi connectivity index (χ0v) is 29.9. The highest BCUT2D eigenvalue weighted by Gasteiger charge is 2.30. The molecule has 2 aromatic heterocycles. The summed E-state index contributed by atoms with van der Waals surface area (Å²) in [5.41, 5.74) is 2.56. The van der Waals surface area contributed by atoms with Gasteiger partial charge in [0.05, 0.1) is 20.8 Å². The second-order valence-corrected chi connectivity index (χ2v) is 14.1. The number of thiophene rings is 1. The Balaban J connectivity index is 1.47. The Bertz CT molecular complexity index is 1750. The highest BCUT2D eigenvalue weighted by Crippen LogP contribution is 2.41. The molecule has 1 aliphatic rings. The van der Waals surface area contributed by atoms with Gasteiger partial charge in [-0.25, -0.2) is 9.59 Å². The predicted octanol–water partition coefficient (Wildman–Crippen LogP) is 6.39. The largest absolute Gasteiger partial charge is 0.493 e. The molecule has 10 nitrogen and oxygen atoms in total. The number of hydrogen-bond donors (Lipinski definition) is 3. The number of rotatable bonds is 14. The summed E-state index contributed by atoms with van der Waals surface area (Å²) in [7, 11) is 5.14. The highest BCUT2D eigenvalue weighted by atomic mass is 35.5. The molecule has 3 N–H and O–H groups in total. The van der Waals surface area contributed by atoms with Gasteiger partial charge in [-0.3, -0.25) is 10.5 Å². The number of benzene rings is 2. The first-order valence-corrected chi connectivity index (χ1v) is 17.4. The smallest absolute Gasteiger partial charge is 0.346 e. The number of esters is 1. The molecule has 1 unspecified atom stereocenters. The summed E-state index contributed by atoms with van der Waals surface area (Å²) in [4.78, 5) is 29.3. The lowest BCUT2D eigenvalue weighted by molar-refractivity contribution is -0.904. The van der Waals surface area contributed by atoms with E-state index in [1.807, 2.05) is 42.5 Å². The molecule has 3 heterocycles. The van der Waals surface area contributed by atoms with E-state index in [4.69, 9.17) is 37.4 Å². The van der Waals surface area contributed by atoms with E-state index in [1.165, 1.54) is 26.6 Å². The van der Waals surface area contributed by atoms with Gasteiger partial charge in [-0.2, -0.15) is 0 Å². The van der Waals surface area contributed by atoms with E-state index in [2.05, 4.69) is 17.3 Å². The van der Waals surface area contributed by atoms with E-state index >= 15 is 0 Å². The molecule has 260 valence electrons. The number of methoxy groups -OCH3 is 2. The molecule has 4 aromatic rings. The maximum atomic E-state index is 13.5. The van der Waals surface area contributed by atoms with Crippen LogP contribution in [0.15, 0.2) is 67.0 Å². The SMILES string of the molecule is COc1ccc([C@H](Cc2c(Cl)c[n+](O)cc2Cl)c2cc(CNC(C(=O)OC[C@@H]3CCCN(C)C3)c3ccccc3)sc2C(=O)O)cc1OC. The molecule has 0 amide bonds. The standard InChI is InChI=1S/C36H39Cl2N3O7S/c1-40-13-7-8-22(18-40)21-48-36(44)33(23-9-5-4-6-10-23)39-17-25-15-27(34(49-25)35(42)43)26(16-28-29(37)19-41(45)20-30(28)38)24-11-12-31(46-2)32(14-24)47-3/h4-6,9-12,14-15,19-20,22,26,33,39H,7-8,13,16-18,21H2,1-3H3,(H-,42,43,45)/p+1/t22-,26+,33?/m1/s1. The lowest BCUT2D eigenvalue weighted by Gasteiger charge is -2.29. The molecule has 0 radical (unpaired) electrons. The summed E-state index contributed by atoms with van der Waals surface area (Å²) in [5.74, 6) is -0.741. The van der Waals surface area contributed by atoms with Gasteiger partial charge in [0, 0.05) is 40.1 Å². The second kappa shape index (κ2) is 16.7. The average molecular weight is 730 g/mol. The monoisotopic (exact) mass is 728 g/mol. The van der Waals surface area contributed by atoms with Crippen LogP contribution in [-0.2, 0) is 22.5 Å². The first-order valence-electron chi connectivity index (χ1n) is 15.9. The van der Waals surface area contributed by atoms with Gasteiger partial charge in [0.2, 0.25) is 12.4 Å². The van der Waals surface area contributed by atoms with E-state index in [-0.39, 0.29) is 39.8 Å². The van der Waals surface area contributed by atoms with E-state index < -0.39 is 17.9 Å². The minimum absolute atomic E-state index is 0.136. The number of likely N-dealkylation sites (tertiary alicyclic amines) is 1. The quantitative estimate of drug-likeness (QED) is 0.0771. The van der Waals surface area contributed by atoms with E-state index in [9.17, 15) is 19.9 Å². The number of nitrogens with zero attached hydrogens (tertiary/aromatic N) is 2. The summed E-state index contributed by atoms with van der Waals surface area (Å²) in [5, 5.41) is 24.2. The third-order valence-electron chi connectivity index (χ3n) is 8.70. The van der Waals surface area contributed by atoms with Gasteiger partial charge in [0.1, 0.15) is 21.0 Å². The molecule has 0 aliphatic carbocycles. The Kier molecular flexibility index (Phi) is 12.4. The van der Waals surface area contributed by atoms with Crippen LogP contribution in [0.4, 0.5) is 0 Å². The third kappa shape index (κ3) is 9.03. The van der Waals surface area contributed by atoms with Gasteiger partial charge >= 0.3 is 11.9 Å². The van der Waals surface area contributed by atoms with Gasteiger partial charge in [-0.05, 0) is 67.7 Å². The Hall–Kier alpha value is -3.87. The van der Waals surface area contributed by atoms with Gasteiger partial charge in [0.15, 0.2) is 11.5 Å². The lowest BCUT2D eigenvalue weighted by atomic mass is 9.85. The molecule has 1 saturated heterocycles. The molecule has 0 saturated carbocycles. The molecule has 0 bridgehead atoms. The van der Waals surface area contributed by atoms with Crippen LogP contribution in [0, 0.1) is 5.92 Å². The van der Waals surface area contributed by atoms with Gasteiger partial charge in [-0.1, -0.05) is 59.6 Å². The fourth-order valence-corrected chi connectivity index (χ4v) is 7.88. The second-order valence-electron chi connectivity index (χ2n) is 12.1. The predicted molar refractivity (Wildman–Crippen MR) is 187 cm³/mol. The van der Waals surface area contributed by atoms with Crippen molar-refractivity contribution in [3.05, 3.63) is 109 Å². The number of carboxylic acids is 1. The van der Waals surface area contributed by atoms with Crippen molar-refractivity contribution in [3.8, 4) is 11.5 Å². The average Bonchev–Trinajstić information content (AvgIpc) is 3.51. The Morgan fingerprint density at radius 1 is 1.04 bits per heavy atom. The Labute approximate surface area is 299 Å². The van der Waals surface area contributed by atoms with Gasteiger partial charge in [-0.15, -0.1) is 11.3 Å². The lowest BCUT2D eigenvalue weighted by Crippen LogP contribution is -2.36. The molecular formula is C36H40Cl2N3O7S+. The fraction of sp³-hybridized carbons (Fsp3) is 0.361. The fourth-order valence-electron chi connectivity index (χ4n) is 6.27. The van der Waals surface area contributed by atoms with E-state index in [0.717, 1.165) is 53.1 Å². The number of carboxylic acid groups (broad SMARTS) is 1. The van der Waals surface area contributed by atoms with Crippen molar-refractivity contribution in [1.82, 2.24) is 10.2 Å². The maximum Gasteiger partial charge on any atom is 0.346 e. The van der Waals surface area contributed by atoms with Crippen molar-refractivity contribution in [1.29, 1.82) is 0 Å². The summed E-state index contributed by atoms with van der Waals surface area (Å²) < 4.78 is 17.6. The molecule has 1 aliphatic heterocycles. The first-order chi connectivity index (χ1) is 23.6. The van der Waals surface area contributed by atoms with Crippen LogP contribution < -0.4 is 19.5 Å². The number of piperidine rings is 1. The van der Waals surface area contributed by atoms with Crippen molar-refractivity contribution >= 4 is 46.5 Å². The number of hydrogen-bond acceptors (Lipinski definition) is 9. The Morgan fingerprint density at radius 3 is 2.41 bits per heavy atom. The summed E-state index contributed by atoms with van der Waals surface area (Å²) >= 11 is 14.2. The minimum Gasteiger partial charge on any atom is -0.493 e.